The van der Waals surface area contributed by atoms with Crippen LogP contribution in [0.1, 0.15) is 35.2 Å². The largest absolute Gasteiger partial charge is 0.372 e. The Kier molecular flexibility index (Phi) is 6.25. The maximum atomic E-state index is 11.9. The highest BCUT2D eigenvalue weighted by Crippen LogP contribution is 2.20. The molecular formula is C21H25N3O2. The molecule has 3 rings (SSSR count). The number of anilines is 1. The van der Waals surface area contributed by atoms with Crippen LogP contribution in [0.3, 0.4) is 0 Å². The molecule has 0 aliphatic carbocycles. The van der Waals surface area contributed by atoms with Crippen LogP contribution in [0.15, 0.2) is 54.6 Å². The fraction of sp³-hybridized carbons (Fsp3) is 0.333. The van der Waals surface area contributed by atoms with Crippen molar-refractivity contribution in [3.8, 4) is 0 Å². The summed E-state index contributed by atoms with van der Waals surface area (Å²) in [7, 11) is 0. The van der Waals surface area contributed by atoms with E-state index in [0.29, 0.717) is 18.7 Å². The van der Waals surface area contributed by atoms with Crippen LogP contribution in [-0.4, -0.2) is 31.4 Å². The summed E-state index contributed by atoms with van der Waals surface area (Å²) in [6, 6.07) is 17.4. The topological polar surface area (TPSA) is 61.4 Å². The van der Waals surface area contributed by atoms with Crippen molar-refractivity contribution in [2.45, 2.75) is 25.8 Å². The number of nitrogens with one attached hydrogen (secondary N) is 2. The van der Waals surface area contributed by atoms with E-state index in [4.69, 9.17) is 0 Å². The quantitative estimate of drug-likeness (QED) is 0.806. The van der Waals surface area contributed by atoms with E-state index in [1.165, 1.54) is 18.5 Å². The second kappa shape index (κ2) is 9.04. The predicted octanol–water partition coefficient (Wildman–Crippen LogP) is 2.72. The Hall–Kier alpha value is -2.82. The molecule has 2 amide bonds. The van der Waals surface area contributed by atoms with E-state index >= 15 is 0 Å². The number of carbonyl (C=O) groups excluding carboxylic acids is 2. The smallest absolute Gasteiger partial charge is 0.251 e. The fourth-order valence-corrected chi connectivity index (χ4v) is 3.07. The fourth-order valence-electron chi connectivity index (χ4n) is 3.07. The third kappa shape index (κ3) is 5.09. The van der Waals surface area contributed by atoms with Crippen molar-refractivity contribution < 1.29 is 9.59 Å². The average molecular weight is 351 g/mol. The highest BCUT2D eigenvalue weighted by molar-refractivity contribution is 5.94. The lowest BCUT2D eigenvalue weighted by molar-refractivity contribution is -0.121. The van der Waals surface area contributed by atoms with Crippen molar-refractivity contribution in [3.05, 3.63) is 65.7 Å². The van der Waals surface area contributed by atoms with Crippen molar-refractivity contribution in [3.63, 3.8) is 0 Å². The van der Waals surface area contributed by atoms with Gasteiger partial charge in [-0.1, -0.05) is 30.3 Å². The van der Waals surface area contributed by atoms with Crippen molar-refractivity contribution in [2.24, 2.45) is 0 Å². The lowest BCUT2D eigenvalue weighted by Gasteiger charge is -2.17. The number of carbonyl (C=O) groups is 2. The number of hydrogen-bond donors (Lipinski definition) is 2. The minimum Gasteiger partial charge on any atom is -0.372 e. The lowest BCUT2D eigenvalue weighted by atomic mass is 10.2. The van der Waals surface area contributed by atoms with Gasteiger partial charge in [0.25, 0.3) is 5.91 Å². The molecule has 1 aliphatic heterocycles. The van der Waals surface area contributed by atoms with Gasteiger partial charge in [-0.2, -0.15) is 0 Å². The zero-order valence-electron chi connectivity index (χ0n) is 14.9. The van der Waals surface area contributed by atoms with Crippen LogP contribution >= 0.6 is 0 Å². The first-order chi connectivity index (χ1) is 12.7. The Labute approximate surface area is 154 Å². The average Bonchev–Trinajstić information content (AvgIpc) is 3.22. The van der Waals surface area contributed by atoms with E-state index in [1.54, 1.807) is 12.1 Å². The van der Waals surface area contributed by atoms with Crippen LogP contribution in [0.2, 0.25) is 0 Å². The van der Waals surface area contributed by atoms with Gasteiger partial charge in [-0.15, -0.1) is 0 Å². The highest BCUT2D eigenvalue weighted by Gasteiger charge is 2.12. The number of rotatable bonds is 7. The number of nitrogens with zero attached hydrogens (tertiary/aromatic N) is 1. The number of benzene rings is 2. The molecule has 5 heteroatoms. The molecule has 2 aromatic rings. The summed E-state index contributed by atoms with van der Waals surface area (Å²) < 4.78 is 0. The minimum absolute atomic E-state index is 0.0676. The Morgan fingerprint density at radius 1 is 0.885 bits per heavy atom. The predicted molar refractivity (Wildman–Crippen MR) is 103 cm³/mol. The van der Waals surface area contributed by atoms with Crippen molar-refractivity contribution in [1.29, 1.82) is 0 Å². The molecule has 136 valence electrons. The zero-order chi connectivity index (χ0) is 18.2. The first-order valence-corrected chi connectivity index (χ1v) is 9.16. The van der Waals surface area contributed by atoms with Gasteiger partial charge in [0.1, 0.15) is 0 Å². The molecule has 5 nitrogen and oxygen atoms in total. The van der Waals surface area contributed by atoms with E-state index in [0.717, 1.165) is 18.7 Å². The summed E-state index contributed by atoms with van der Waals surface area (Å²) in [4.78, 5) is 26.2. The number of hydrogen-bond acceptors (Lipinski definition) is 3. The summed E-state index contributed by atoms with van der Waals surface area (Å²) in [5.74, 6) is -0.224. The van der Waals surface area contributed by atoms with E-state index in [1.807, 2.05) is 18.2 Å². The molecule has 1 fully saturated rings. The van der Waals surface area contributed by atoms with Crippen LogP contribution < -0.4 is 15.5 Å². The van der Waals surface area contributed by atoms with Gasteiger partial charge in [-0.3, -0.25) is 9.59 Å². The van der Waals surface area contributed by atoms with Gasteiger partial charge in [-0.05, 0) is 42.7 Å². The van der Waals surface area contributed by atoms with Crippen LogP contribution in [-0.2, 0) is 11.3 Å². The van der Waals surface area contributed by atoms with E-state index < -0.39 is 0 Å². The van der Waals surface area contributed by atoms with Gasteiger partial charge in [0.2, 0.25) is 5.91 Å². The molecule has 1 aliphatic rings. The second-order valence-corrected chi connectivity index (χ2v) is 6.51. The van der Waals surface area contributed by atoms with Crippen LogP contribution in [0.4, 0.5) is 5.69 Å². The SMILES string of the molecule is O=C(CCNC(=O)c1ccccc1)NCc1ccc(N2CCCC2)cc1. The van der Waals surface area contributed by atoms with Gasteiger partial charge in [-0.25, -0.2) is 0 Å². The van der Waals surface area contributed by atoms with E-state index in [-0.39, 0.29) is 18.2 Å². The maximum Gasteiger partial charge on any atom is 0.251 e. The minimum atomic E-state index is -0.157. The standard InChI is InChI=1S/C21H25N3O2/c25-20(12-13-22-21(26)18-6-2-1-3-7-18)23-16-17-8-10-19(11-9-17)24-14-4-5-15-24/h1-3,6-11H,4-5,12-16H2,(H,22,26)(H,23,25). The van der Waals surface area contributed by atoms with Gasteiger partial charge >= 0.3 is 0 Å². The summed E-state index contributed by atoms with van der Waals surface area (Å²) in [6.45, 7) is 3.09. The van der Waals surface area contributed by atoms with Crippen LogP contribution in [0.25, 0.3) is 0 Å². The third-order valence-corrected chi connectivity index (χ3v) is 4.57. The zero-order valence-corrected chi connectivity index (χ0v) is 14.9. The monoisotopic (exact) mass is 351 g/mol. The van der Waals surface area contributed by atoms with Crippen molar-refractivity contribution in [2.75, 3.05) is 24.5 Å². The van der Waals surface area contributed by atoms with Crippen LogP contribution in [0.5, 0.6) is 0 Å². The molecule has 0 aromatic heterocycles. The molecule has 0 radical (unpaired) electrons. The van der Waals surface area contributed by atoms with Gasteiger partial charge in [0, 0.05) is 43.9 Å². The Balaban J connectivity index is 1.36. The van der Waals surface area contributed by atoms with E-state index in [9.17, 15) is 9.59 Å². The lowest BCUT2D eigenvalue weighted by Crippen LogP contribution is -2.30. The first kappa shape index (κ1) is 18.0. The van der Waals surface area contributed by atoms with Gasteiger partial charge < -0.3 is 15.5 Å². The molecule has 0 atom stereocenters. The molecule has 26 heavy (non-hydrogen) atoms. The Bertz CT molecular complexity index is 723. The Morgan fingerprint density at radius 3 is 2.27 bits per heavy atom. The van der Waals surface area contributed by atoms with Gasteiger partial charge in [0.15, 0.2) is 0 Å². The molecule has 2 aromatic carbocycles. The maximum absolute atomic E-state index is 11.9. The molecule has 2 N–H and O–H groups in total. The molecule has 0 spiro atoms. The molecule has 0 saturated carbocycles. The third-order valence-electron chi connectivity index (χ3n) is 4.57. The van der Waals surface area contributed by atoms with E-state index in [2.05, 4.69) is 39.8 Å². The summed E-state index contributed by atoms with van der Waals surface area (Å²) in [5.41, 5.74) is 2.93. The summed E-state index contributed by atoms with van der Waals surface area (Å²) in [5, 5.41) is 5.66. The van der Waals surface area contributed by atoms with Crippen LogP contribution in [0, 0.1) is 0 Å². The molecule has 1 saturated heterocycles. The van der Waals surface area contributed by atoms with Crippen molar-refractivity contribution in [1.82, 2.24) is 10.6 Å². The normalized spacial score (nSPS) is 13.5. The van der Waals surface area contributed by atoms with Gasteiger partial charge in [0.05, 0.1) is 0 Å². The summed E-state index contributed by atoms with van der Waals surface area (Å²) in [6.07, 6.45) is 2.79. The molecule has 0 unspecified atom stereocenters. The second-order valence-electron chi connectivity index (χ2n) is 6.51. The highest BCUT2D eigenvalue weighted by atomic mass is 16.2. The Morgan fingerprint density at radius 2 is 1.58 bits per heavy atom. The molecule has 0 bridgehead atoms. The molecular weight excluding hydrogens is 326 g/mol. The first-order valence-electron chi connectivity index (χ1n) is 9.16. The van der Waals surface area contributed by atoms with Crippen molar-refractivity contribution >= 4 is 17.5 Å². The molecule has 1 heterocycles. The summed E-state index contributed by atoms with van der Waals surface area (Å²) >= 11 is 0. The number of amides is 2.